The molecule has 1 aliphatic carbocycles. The number of aromatic carboxylic acids is 1. The third-order valence-corrected chi connectivity index (χ3v) is 3.13. The van der Waals surface area contributed by atoms with Gasteiger partial charge >= 0.3 is 5.97 Å². The molecule has 4 nitrogen and oxygen atoms in total. The molecule has 0 aromatic heterocycles. The molecular weight excluding hydrogens is 291 g/mol. The van der Waals surface area contributed by atoms with Crippen LogP contribution in [-0.4, -0.2) is 22.6 Å². The van der Waals surface area contributed by atoms with E-state index in [9.17, 15) is 14.4 Å². The Morgan fingerprint density at radius 1 is 1.11 bits per heavy atom. The Bertz CT molecular complexity index is 671. The molecule has 0 spiro atoms. The summed E-state index contributed by atoms with van der Waals surface area (Å²) in [5, 5.41) is 9.00. The Hall–Kier alpha value is -1.91. The summed E-state index contributed by atoms with van der Waals surface area (Å²) < 4.78 is 0. The zero-order valence-corrected chi connectivity index (χ0v) is 10.8. The van der Waals surface area contributed by atoms with Crippen LogP contribution in [0.2, 0.25) is 10.0 Å². The highest BCUT2D eigenvalue weighted by molar-refractivity contribution is 6.41. The van der Waals surface area contributed by atoms with Crippen LogP contribution in [0, 0.1) is 0 Å². The van der Waals surface area contributed by atoms with E-state index in [0.717, 1.165) is 18.2 Å². The Balaban J connectivity index is 2.66. The van der Waals surface area contributed by atoms with Crippen LogP contribution in [0.15, 0.2) is 30.4 Å². The van der Waals surface area contributed by atoms with Gasteiger partial charge in [0.2, 0.25) is 0 Å². The second-order valence-corrected chi connectivity index (χ2v) is 4.59. The maximum Gasteiger partial charge on any atom is 0.337 e. The largest absolute Gasteiger partial charge is 0.478 e. The van der Waals surface area contributed by atoms with Gasteiger partial charge in [0.05, 0.1) is 10.6 Å². The third kappa shape index (κ3) is 2.59. The molecule has 0 radical (unpaired) electrons. The second kappa shape index (κ2) is 4.99. The number of rotatable bonds is 2. The average Bonchev–Trinajstić information content (AvgIpc) is 2.34. The number of carboxylic acid groups (broad SMARTS) is 1. The molecule has 19 heavy (non-hydrogen) atoms. The van der Waals surface area contributed by atoms with Crippen molar-refractivity contribution in [1.29, 1.82) is 0 Å². The van der Waals surface area contributed by atoms with Crippen molar-refractivity contribution in [3.05, 3.63) is 51.5 Å². The fraction of sp³-hybridized carbons (Fsp3) is 0. The molecule has 0 bridgehead atoms. The molecular formula is C13H6Cl2O4. The van der Waals surface area contributed by atoms with Crippen LogP contribution in [0.1, 0.15) is 15.9 Å². The molecule has 0 heterocycles. The van der Waals surface area contributed by atoms with Crippen LogP contribution in [0.5, 0.6) is 0 Å². The van der Waals surface area contributed by atoms with Gasteiger partial charge in [0, 0.05) is 16.2 Å². The number of carbonyl (C=O) groups excluding carboxylic acids is 2. The summed E-state index contributed by atoms with van der Waals surface area (Å²) in [5.74, 6) is -2.07. The van der Waals surface area contributed by atoms with Crippen molar-refractivity contribution in [3.63, 3.8) is 0 Å². The van der Waals surface area contributed by atoms with Crippen molar-refractivity contribution in [2.45, 2.75) is 0 Å². The number of benzene rings is 1. The van der Waals surface area contributed by atoms with E-state index in [4.69, 9.17) is 28.3 Å². The van der Waals surface area contributed by atoms with E-state index in [1.54, 1.807) is 0 Å². The van der Waals surface area contributed by atoms with Gasteiger partial charge in [-0.2, -0.15) is 0 Å². The topological polar surface area (TPSA) is 71.4 Å². The van der Waals surface area contributed by atoms with Crippen LogP contribution in [0.25, 0.3) is 5.57 Å². The van der Waals surface area contributed by atoms with Gasteiger partial charge in [0.25, 0.3) is 0 Å². The number of hydrogen-bond donors (Lipinski definition) is 1. The van der Waals surface area contributed by atoms with Crippen LogP contribution in [0.3, 0.4) is 0 Å². The molecule has 96 valence electrons. The lowest BCUT2D eigenvalue weighted by atomic mass is 9.95. The monoisotopic (exact) mass is 296 g/mol. The van der Waals surface area contributed by atoms with Crippen molar-refractivity contribution < 1.29 is 19.5 Å². The Morgan fingerprint density at radius 2 is 1.79 bits per heavy atom. The Morgan fingerprint density at radius 3 is 2.42 bits per heavy atom. The molecule has 1 aliphatic rings. The van der Waals surface area contributed by atoms with Crippen LogP contribution >= 0.6 is 23.2 Å². The van der Waals surface area contributed by atoms with E-state index in [0.29, 0.717) is 0 Å². The van der Waals surface area contributed by atoms with Crippen molar-refractivity contribution in [3.8, 4) is 0 Å². The zero-order chi connectivity index (χ0) is 14.2. The van der Waals surface area contributed by atoms with E-state index >= 15 is 0 Å². The van der Waals surface area contributed by atoms with Crippen LogP contribution < -0.4 is 0 Å². The molecule has 0 amide bonds. The predicted molar refractivity (Wildman–Crippen MR) is 70.6 cm³/mol. The summed E-state index contributed by atoms with van der Waals surface area (Å²) in [7, 11) is 0. The summed E-state index contributed by atoms with van der Waals surface area (Å²) in [4.78, 5) is 34.1. The molecule has 2 rings (SSSR count). The van der Waals surface area contributed by atoms with Crippen LogP contribution in [0.4, 0.5) is 0 Å². The molecule has 1 N–H and O–H groups in total. The first-order chi connectivity index (χ1) is 8.90. The molecule has 0 saturated heterocycles. The molecule has 1 aromatic rings. The number of ketones is 2. The van der Waals surface area contributed by atoms with Gasteiger partial charge in [-0.3, -0.25) is 9.59 Å². The summed E-state index contributed by atoms with van der Waals surface area (Å²) in [6.45, 7) is 0. The quantitative estimate of drug-likeness (QED) is 0.852. The molecule has 0 fully saturated rings. The fourth-order valence-electron chi connectivity index (χ4n) is 1.66. The van der Waals surface area contributed by atoms with Gasteiger partial charge in [0.1, 0.15) is 0 Å². The van der Waals surface area contributed by atoms with Crippen molar-refractivity contribution in [1.82, 2.24) is 0 Å². The lowest BCUT2D eigenvalue weighted by Crippen LogP contribution is -2.09. The number of carboxylic acids is 1. The summed E-state index contributed by atoms with van der Waals surface area (Å²) in [6.07, 6.45) is 3.34. The van der Waals surface area contributed by atoms with E-state index in [2.05, 4.69) is 0 Å². The highest BCUT2D eigenvalue weighted by Gasteiger charge is 2.22. The first-order valence-corrected chi connectivity index (χ1v) is 5.86. The van der Waals surface area contributed by atoms with Crippen molar-refractivity contribution >= 4 is 46.3 Å². The van der Waals surface area contributed by atoms with Gasteiger partial charge in [-0.15, -0.1) is 0 Å². The number of halogens is 2. The summed E-state index contributed by atoms with van der Waals surface area (Å²) >= 11 is 11.8. The van der Waals surface area contributed by atoms with Crippen LogP contribution in [-0.2, 0) is 9.59 Å². The summed E-state index contributed by atoms with van der Waals surface area (Å²) in [5.41, 5.74) is -0.0587. The summed E-state index contributed by atoms with van der Waals surface area (Å²) in [6, 6.07) is 2.54. The van der Waals surface area contributed by atoms with Crippen molar-refractivity contribution in [2.75, 3.05) is 0 Å². The van der Waals surface area contributed by atoms with Gasteiger partial charge < -0.3 is 5.11 Å². The second-order valence-electron chi connectivity index (χ2n) is 3.78. The SMILES string of the molecule is O=C1C=CC(=O)C(c2cc(Cl)cc(C(=O)O)c2Cl)=C1. The normalized spacial score (nSPS) is 14.5. The minimum atomic E-state index is -1.26. The highest BCUT2D eigenvalue weighted by atomic mass is 35.5. The van der Waals surface area contributed by atoms with Gasteiger partial charge in [0.15, 0.2) is 11.6 Å². The molecule has 0 aliphatic heterocycles. The molecule has 0 saturated carbocycles. The molecule has 6 heteroatoms. The van der Waals surface area contributed by atoms with Gasteiger partial charge in [-0.1, -0.05) is 23.2 Å². The number of hydrogen-bond acceptors (Lipinski definition) is 3. The zero-order valence-electron chi connectivity index (χ0n) is 9.31. The molecule has 0 unspecified atom stereocenters. The smallest absolute Gasteiger partial charge is 0.337 e. The standard InChI is InChI=1S/C13H6Cl2O4/c14-6-3-9(12(15)10(4-6)13(18)19)8-5-7(16)1-2-11(8)17/h1-5H,(H,18,19). The third-order valence-electron chi connectivity index (χ3n) is 2.51. The van der Waals surface area contributed by atoms with E-state index in [-0.39, 0.29) is 32.5 Å². The predicted octanol–water partition coefficient (Wildman–Crippen LogP) is 2.78. The maximum absolute atomic E-state index is 11.7. The highest BCUT2D eigenvalue weighted by Crippen LogP contribution is 2.32. The maximum atomic E-state index is 11.7. The first kappa shape index (κ1) is 13.5. The van der Waals surface area contributed by atoms with Gasteiger partial charge in [-0.05, 0) is 30.4 Å². The van der Waals surface area contributed by atoms with E-state index in [1.165, 1.54) is 12.1 Å². The first-order valence-electron chi connectivity index (χ1n) is 5.11. The average molecular weight is 297 g/mol. The number of carbonyl (C=O) groups is 3. The van der Waals surface area contributed by atoms with E-state index < -0.39 is 11.8 Å². The lowest BCUT2D eigenvalue weighted by molar-refractivity contribution is -0.113. The molecule has 0 atom stereocenters. The Kier molecular flexibility index (Phi) is 3.55. The Labute approximate surface area is 117 Å². The molecule has 1 aromatic carbocycles. The lowest BCUT2D eigenvalue weighted by Gasteiger charge is -2.11. The fourth-order valence-corrected chi connectivity index (χ4v) is 2.17. The van der Waals surface area contributed by atoms with Crippen molar-refractivity contribution in [2.24, 2.45) is 0 Å². The minimum absolute atomic E-state index is 0.0301. The number of allylic oxidation sites excluding steroid dienone is 4. The minimum Gasteiger partial charge on any atom is -0.478 e. The van der Waals surface area contributed by atoms with Gasteiger partial charge in [-0.25, -0.2) is 4.79 Å². The van der Waals surface area contributed by atoms with E-state index in [1.807, 2.05) is 0 Å².